The standard InChI is InChI=1S/C35H4F3N11/c1-45-23-8-21(36)17(7-22(23)37)30-33(25(14-44)47-3)29-20(12-42)28-27(19(11-41)31(29)34(30)48-4)18(10-40)26(32(28)24(13-43)46-2)16-6-5-15(9-39)49-35(16)38/h5-8H/b32-24-,33-25-. The van der Waals surface area contributed by atoms with Gasteiger partial charge in [0.05, 0.1) is 61.2 Å². The molecule has 0 saturated carbocycles. The molecule has 5 rings (SSSR count). The molecule has 0 unspecified atom stereocenters. The number of aromatic nitrogens is 1. The summed E-state index contributed by atoms with van der Waals surface area (Å²) in [6, 6.07) is 13.5. The van der Waals surface area contributed by atoms with Gasteiger partial charge >= 0.3 is 0 Å². The molecule has 0 N–H and O–H groups in total. The Morgan fingerprint density at radius 1 is 0.633 bits per heavy atom. The van der Waals surface area contributed by atoms with Crippen LogP contribution in [0.5, 0.6) is 0 Å². The van der Waals surface area contributed by atoms with E-state index in [1.165, 1.54) is 0 Å². The zero-order chi connectivity index (χ0) is 35.7. The SMILES string of the molecule is [C-]#[N+]C1=C(c2cc(F)c([N+]#[C-])cc2F)/C(=C(/C#N)[N+]#[C-])c2c(C#N)c3c(c(C#N)c21)C(C#N)=C(c1ccc(C#N)nc1F)/C3=C(\C#N)[N+]#[C-]. The molecule has 2 aliphatic rings. The van der Waals surface area contributed by atoms with Gasteiger partial charge in [0.15, 0.2) is 0 Å². The molecule has 0 fully saturated rings. The number of halogens is 3. The molecular weight excluding hydrogens is 631 g/mol. The molecule has 0 atom stereocenters. The van der Waals surface area contributed by atoms with Crippen molar-refractivity contribution in [2.24, 2.45) is 0 Å². The second kappa shape index (κ2) is 12.0. The number of rotatable bonds is 2. The van der Waals surface area contributed by atoms with E-state index in [0.717, 1.165) is 12.1 Å². The Kier molecular flexibility index (Phi) is 7.73. The number of fused-ring (bicyclic) bond motifs is 2. The lowest BCUT2D eigenvalue weighted by atomic mass is 9.83. The van der Waals surface area contributed by atoms with Gasteiger partial charge in [0, 0.05) is 39.0 Å². The fraction of sp³-hybridized carbons (Fsp3) is 0. The van der Waals surface area contributed by atoms with E-state index in [-0.39, 0.29) is 5.69 Å². The molecule has 1 heterocycles. The minimum atomic E-state index is -1.32. The molecule has 0 bridgehead atoms. The van der Waals surface area contributed by atoms with E-state index in [2.05, 4.69) is 24.4 Å². The van der Waals surface area contributed by atoms with Crippen molar-refractivity contribution in [3.63, 3.8) is 0 Å². The monoisotopic (exact) mass is 635 g/mol. The van der Waals surface area contributed by atoms with Gasteiger partial charge in [0.25, 0.3) is 11.4 Å². The van der Waals surface area contributed by atoms with Gasteiger partial charge in [0.2, 0.25) is 17.3 Å². The van der Waals surface area contributed by atoms with Crippen LogP contribution in [0.15, 0.2) is 35.7 Å². The topological polar surface area (TPSA) is 173 Å². The van der Waals surface area contributed by atoms with E-state index in [1.54, 1.807) is 24.3 Å². The Morgan fingerprint density at radius 3 is 1.71 bits per heavy atom. The van der Waals surface area contributed by atoms with E-state index in [4.69, 9.17) is 26.3 Å². The summed E-state index contributed by atoms with van der Waals surface area (Å²) in [7, 11) is 0. The maximum absolute atomic E-state index is 15.6. The van der Waals surface area contributed by atoms with Gasteiger partial charge in [-0.15, -0.1) is 0 Å². The van der Waals surface area contributed by atoms with Crippen molar-refractivity contribution < 1.29 is 13.2 Å². The lowest BCUT2D eigenvalue weighted by molar-refractivity contribution is 0.579. The molecule has 1 aromatic heterocycles. The summed E-state index contributed by atoms with van der Waals surface area (Å²) in [5.74, 6) is -3.81. The van der Waals surface area contributed by atoms with Crippen LogP contribution in [0.4, 0.5) is 18.9 Å². The summed E-state index contributed by atoms with van der Waals surface area (Å²) in [5.41, 5.74) is -10.2. The highest BCUT2D eigenvalue weighted by Gasteiger charge is 2.44. The van der Waals surface area contributed by atoms with E-state index >= 15 is 8.78 Å². The quantitative estimate of drug-likeness (QED) is 0.162. The molecule has 0 aliphatic heterocycles. The zero-order valence-corrected chi connectivity index (χ0v) is 23.9. The first-order valence-electron chi connectivity index (χ1n) is 13.0. The van der Waals surface area contributed by atoms with E-state index < -0.39 is 113 Å². The first-order chi connectivity index (χ1) is 23.7. The third-order valence-corrected chi connectivity index (χ3v) is 7.49. The zero-order valence-electron chi connectivity index (χ0n) is 23.9. The lowest BCUT2D eigenvalue weighted by Crippen LogP contribution is -2.05. The smallest absolute Gasteiger partial charge is 0.237 e. The van der Waals surface area contributed by atoms with Crippen molar-refractivity contribution in [2.45, 2.75) is 0 Å². The number of hydrogen-bond acceptors (Lipinski definition) is 7. The summed E-state index contributed by atoms with van der Waals surface area (Å²) in [4.78, 5) is 16.2. The van der Waals surface area contributed by atoms with E-state index in [0.29, 0.717) is 12.1 Å². The number of benzene rings is 2. The van der Waals surface area contributed by atoms with Crippen molar-refractivity contribution >= 4 is 39.2 Å². The maximum Gasteiger partial charge on any atom is 0.270 e. The predicted octanol–water partition coefficient (Wildman–Crippen LogP) is 7.22. The summed E-state index contributed by atoms with van der Waals surface area (Å²) in [6.45, 7) is 30.5. The highest BCUT2D eigenvalue weighted by molar-refractivity contribution is 6.31. The summed E-state index contributed by atoms with van der Waals surface area (Å²) < 4.78 is 46.0. The number of pyridine rings is 1. The maximum atomic E-state index is 15.6. The average molecular weight is 635 g/mol. The third kappa shape index (κ3) is 4.32. The van der Waals surface area contributed by atoms with E-state index in [9.17, 15) is 36.0 Å². The van der Waals surface area contributed by atoms with Crippen LogP contribution in [0.1, 0.15) is 50.2 Å². The van der Waals surface area contributed by atoms with Gasteiger partial charge in [-0.1, -0.05) is 0 Å². The van der Waals surface area contributed by atoms with Crippen LogP contribution in [-0.4, -0.2) is 4.98 Å². The molecule has 2 aliphatic carbocycles. The Labute approximate surface area is 274 Å². The van der Waals surface area contributed by atoms with Crippen LogP contribution < -0.4 is 0 Å². The summed E-state index contributed by atoms with van der Waals surface area (Å²) >= 11 is 0. The number of nitriles is 6. The molecule has 3 aromatic rings. The normalized spacial score (nSPS) is 14.1. The van der Waals surface area contributed by atoms with Crippen molar-refractivity contribution in [1.29, 1.82) is 31.6 Å². The van der Waals surface area contributed by atoms with Gasteiger partial charge in [-0.3, -0.25) is 0 Å². The summed E-state index contributed by atoms with van der Waals surface area (Å²) in [6.07, 6.45) is 0. The lowest BCUT2D eigenvalue weighted by Gasteiger charge is -2.17. The Balaban J connectivity index is 2.13. The van der Waals surface area contributed by atoms with Crippen LogP contribution in [0, 0.1) is 112 Å². The minimum absolute atomic E-state index is 0.369. The van der Waals surface area contributed by atoms with Gasteiger partial charge in [-0.25, -0.2) is 43.7 Å². The molecular formula is C35H4F3N11. The summed E-state index contributed by atoms with van der Waals surface area (Å²) in [5, 5.41) is 60.8. The molecule has 0 radical (unpaired) electrons. The molecule has 14 heteroatoms. The van der Waals surface area contributed by atoms with Gasteiger partial charge < -0.3 is 0 Å². The highest BCUT2D eigenvalue weighted by atomic mass is 19.1. The van der Waals surface area contributed by atoms with Crippen molar-refractivity contribution in [2.75, 3.05) is 0 Å². The first kappa shape index (κ1) is 31.7. The molecule has 49 heavy (non-hydrogen) atoms. The average Bonchev–Trinajstić information content (AvgIpc) is 3.62. The van der Waals surface area contributed by atoms with Gasteiger partial charge in [-0.2, -0.15) is 25.4 Å². The predicted molar refractivity (Wildman–Crippen MR) is 162 cm³/mol. The molecule has 11 nitrogen and oxygen atoms in total. The van der Waals surface area contributed by atoms with Crippen LogP contribution in [0.25, 0.3) is 52.9 Å². The van der Waals surface area contributed by atoms with Gasteiger partial charge in [-0.05, 0) is 41.0 Å². The van der Waals surface area contributed by atoms with Crippen LogP contribution in [0.2, 0.25) is 0 Å². The molecule has 0 saturated heterocycles. The van der Waals surface area contributed by atoms with Crippen molar-refractivity contribution in [3.05, 3.63) is 149 Å². The van der Waals surface area contributed by atoms with Crippen molar-refractivity contribution in [3.8, 4) is 36.4 Å². The second-order valence-corrected chi connectivity index (χ2v) is 9.61. The van der Waals surface area contributed by atoms with Crippen LogP contribution in [0.3, 0.4) is 0 Å². The second-order valence-electron chi connectivity index (χ2n) is 9.61. The Hall–Kier alpha value is -8.76. The molecule has 0 spiro atoms. The largest absolute Gasteiger partial charge is 0.270 e. The van der Waals surface area contributed by atoms with Gasteiger partial charge in [0.1, 0.15) is 35.5 Å². The number of hydrogen-bond donors (Lipinski definition) is 0. The minimum Gasteiger partial charge on any atom is -0.237 e. The fourth-order valence-electron chi connectivity index (χ4n) is 5.70. The number of nitrogens with zero attached hydrogens (tertiary/aromatic N) is 11. The van der Waals surface area contributed by atoms with Crippen molar-refractivity contribution in [1.82, 2.24) is 4.98 Å². The van der Waals surface area contributed by atoms with Crippen LogP contribution in [-0.2, 0) is 0 Å². The Bertz CT molecular complexity index is 2710. The number of allylic oxidation sites excluding steroid dienone is 7. The molecule has 0 amide bonds. The first-order valence-corrected chi connectivity index (χ1v) is 13.0. The molecule has 220 valence electrons. The van der Waals surface area contributed by atoms with E-state index in [1.807, 2.05) is 12.1 Å². The fourth-order valence-corrected chi connectivity index (χ4v) is 5.70. The molecule has 2 aromatic carbocycles. The highest BCUT2D eigenvalue weighted by Crippen LogP contribution is 2.58. The van der Waals surface area contributed by atoms with Crippen LogP contribution >= 0.6 is 0 Å². The third-order valence-electron chi connectivity index (χ3n) is 7.49. The Morgan fingerprint density at radius 2 is 1.22 bits per heavy atom.